The van der Waals surface area contributed by atoms with Gasteiger partial charge in [0.1, 0.15) is 0 Å². The van der Waals surface area contributed by atoms with E-state index in [0.29, 0.717) is 5.54 Å². The third-order valence-corrected chi connectivity index (χ3v) is 4.70. The smallest absolute Gasteiger partial charge is 0.0331 e. The van der Waals surface area contributed by atoms with Gasteiger partial charge in [0.05, 0.1) is 0 Å². The summed E-state index contributed by atoms with van der Waals surface area (Å²) in [7, 11) is 0. The highest BCUT2D eigenvalue weighted by Crippen LogP contribution is 2.34. The molecule has 0 bridgehead atoms. The maximum atomic E-state index is 6.09. The first-order valence-corrected chi connectivity index (χ1v) is 7.80. The molecule has 0 atom stereocenters. The number of nitrogens with zero attached hydrogens (tertiary/aromatic N) is 1. The van der Waals surface area contributed by atoms with Gasteiger partial charge in [-0.05, 0) is 44.3 Å². The number of nitrogens with two attached hydrogens (primary N) is 1. The standard InChI is InChI=1S/C17H28N2/c1-2-19(17(15-18)12-6-7-13-17)14-8-11-16-9-4-3-5-10-16/h3-5,9-10H,2,6-8,11-15,18H2,1H3. The van der Waals surface area contributed by atoms with Crippen molar-refractivity contribution in [2.45, 2.75) is 51.0 Å². The molecule has 0 spiro atoms. The zero-order valence-electron chi connectivity index (χ0n) is 12.3. The monoisotopic (exact) mass is 260 g/mol. The molecule has 19 heavy (non-hydrogen) atoms. The fraction of sp³-hybridized carbons (Fsp3) is 0.647. The van der Waals surface area contributed by atoms with Gasteiger partial charge in [0.25, 0.3) is 0 Å². The van der Waals surface area contributed by atoms with Gasteiger partial charge in [-0.2, -0.15) is 0 Å². The number of benzene rings is 1. The van der Waals surface area contributed by atoms with Gasteiger partial charge in [0, 0.05) is 12.1 Å². The Balaban J connectivity index is 1.85. The molecule has 0 amide bonds. The summed E-state index contributed by atoms with van der Waals surface area (Å²) < 4.78 is 0. The van der Waals surface area contributed by atoms with Crippen molar-refractivity contribution in [3.05, 3.63) is 35.9 Å². The predicted molar refractivity (Wildman–Crippen MR) is 82.3 cm³/mol. The molecule has 2 nitrogen and oxygen atoms in total. The van der Waals surface area contributed by atoms with Gasteiger partial charge in [0.15, 0.2) is 0 Å². The first-order valence-electron chi connectivity index (χ1n) is 7.80. The highest BCUT2D eigenvalue weighted by molar-refractivity contribution is 5.14. The lowest BCUT2D eigenvalue weighted by atomic mass is 9.94. The van der Waals surface area contributed by atoms with Crippen molar-refractivity contribution in [2.24, 2.45) is 5.73 Å². The van der Waals surface area contributed by atoms with E-state index in [1.807, 2.05) is 0 Å². The van der Waals surface area contributed by atoms with Crippen LogP contribution in [0.3, 0.4) is 0 Å². The minimum atomic E-state index is 0.311. The molecule has 1 fully saturated rings. The molecule has 1 aliphatic carbocycles. The second kappa shape index (κ2) is 7.06. The lowest BCUT2D eigenvalue weighted by Gasteiger charge is -2.40. The molecule has 0 radical (unpaired) electrons. The zero-order valence-corrected chi connectivity index (χ0v) is 12.3. The number of rotatable bonds is 7. The third-order valence-electron chi connectivity index (χ3n) is 4.70. The molecule has 106 valence electrons. The van der Waals surface area contributed by atoms with Crippen LogP contribution in [0.25, 0.3) is 0 Å². The molecular formula is C17H28N2. The normalized spacial score (nSPS) is 18.1. The van der Waals surface area contributed by atoms with Crippen molar-refractivity contribution < 1.29 is 0 Å². The molecule has 0 aliphatic heterocycles. The summed E-state index contributed by atoms with van der Waals surface area (Å²) in [4.78, 5) is 2.64. The van der Waals surface area contributed by atoms with Crippen LogP contribution in [0.15, 0.2) is 30.3 Å². The maximum Gasteiger partial charge on any atom is 0.0331 e. The summed E-state index contributed by atoms with van der Waals surface area (Å²) in [6.45, 7) is 5.42. The summed E-state index contributed by atoms with van der Waals surface area (Å²) in [5, 5.41) is 0. The fourth-order valence-electron chi connectivity index (χ4n) is 3.53. The summed E-state index contributed by atoms with van der Waals surface area (Å²) in [5.74, 6) is 0. The fourth-order valence-corrected chi connectivity index (χ4v) is 3.53. The van der Waals surface area contributed by atoms with Crippen LogP contribution in [0, 0.1) is 0 Å². The van der Waals surface area contributed by atoms with Crippen LogP contribution in [0.1, 0.15) is 44.6 Å². The highest BCUT2D eigenvalue weighted by atomic mass is 15.2. The first-order chi connectivity index (χ1) is 9.30. The lowest BCUT2D eigenvalue weighted by Crippen LogP contribution is -2.52. The number of likely N-dealkylation sites (N-methyl/N-ethyl adjacent to an activating group) is 1. The molecule has 0 saturated heterocycles. The van der Waals surface area contributed by atoms with E-state index in [4.69, 9.17) is 5.73 Å². The molecule has 1 aliphatic rings. The molecule has 2 heteroatoms. The number of aryl methyl sites for hydroxylation is 1. The van der Waals surface area contributed by atoms with Crippen molar-refractivity contribution in [2.75, 3.05) is 19.6 Å². The summed E-state index contributed by atoms with van der Waals surface area (Å²) in [5.41, 5.74) is 7.85. The Morgan fingerprint density at radius 1 is 1.16 bits per heavy atom. The van der Waals surface area contributed by atoms with E-state index in [9.17, 15) is 0 Å². The third kappa shape index (κ3) is 3.58. The van der Waals surface area contributed by atoms with Crippen molar-refractivity contribution in [1.29, 1.82) is 0 Å². The lowest BCUT2D eigenvalue weighted by molar-refractivity contribution is 0.104. The van der Waals surface area contributed by atoms with Crippen molar-refractivity contribution >= 4 is 0 Å². The van der Waals surface area contributed by atoms with E-state index in [2.05, 4.69) is 42.2 Å². The van der Waals surface area contributed by atoms with Crippen molar-refractivity contribution in [3.8, 4) is 0 Å². The summed E-state index contributed by atoms with van der Waals surface area (Å²) in [6, 6.07) is 10.8. The Hall–Kier alpha value is -0.860. The van der Waals surface area contributed by atoms with E-state index in [-0.39, 0.29) is 0 Å². The minimum absolute atomic E-state index is 0.311. The van der Waals surface area contributed by atoms with Gasteiger partial charge >= 0.3 is 0 Å². The highest BCUT2D eigenvalue weighted by Gasteiger charge is 2.36. The summed E-state index contributed by atoms with van der Waals surface area (Å²) >= 11 is 0. The van der Waals surface area contributed by atoms with Gasteiger partial charge in [-0.25, -0.2) is 0 Å². The molecular weight excluding hydrogens is 232 g/mol. The quantitative estimate of drug-likeness (QED) is 0.815. The van der Waals surface area contributed by atoms with Gasteiger partial charge in [0.2, 0.25) is 0 Å². The molecule has 1 aromatic carbocycles. The average molecular weight is 260 g/mol. The second-order valence-electron chi connectivity index (χ2n) is 5.80. The SMILES string of the molecule is CCN(CCCc1ccccc1)C1(CN)CCCC1. The molecule has 0 heterocycles. The van der Waals surface area contributed by atoms with E-state index in [0.717, 1.165) is 13.1 Å². The van der Waals surface area contributed by atoms with E-state index in [1.165, 1.54) is 50.6 Å². The van der Waals surface area contributed by atoms with Crippen LogP contribution in [-0.2, 0) is 6.42 Å². The largest absolute Gasteiger partial charge is 0.329 e. The topological polar surface area (TPSA) is 29.3 Å². The zero-order chi connectivity index (χ0) is 13.6. The van der Waals surface area contributed by atoms with Crippen LogP contribution < -0.4 is 5.73 Å². The Labute approximate surface area is 118 Å². The molecule has 0 unspecified atom stereocenters. The Kier molecular flexibility index (Phi) is 5.41. The van der Waals surface area contributed by atoms with Crippen molar-refractivity contribution in [3.63, 3.8) is 0 Å². The minimum Gasteiger partial charge on any atom is -0.329 e. The van der Waals surface area contributed by atoms with Gasteiger partial charge in [-0.15, -0.1) is 0 Å². The van der Waals surface area contributed by atoms with Crippen LogP contribution >= 0.6 is 0 Å². The second-order valence-corrected chi connectivity index (χ2v) is 5.80. The van der Waals surface area contributed by atoms with Crippen LogP contribution in [0.4, 0.5) is 0 Å². The Morgan fingerprint density at radius 2 is 1.84 bits per heavy atom. The van der Waals surface area contributed by atoms with E-state index in [1.54, 1.807) is 0 Å². The molecule has 0 aromatic heterocycles. The number of hydrogen-bond donors (Lipinski definition) is 1. The van der Waals surface area contributed by atoms with Gasteiger partial charge in [-0.1, -0.05) is 50.1 Å². The van der Waals surface area contributed by atoms with Crippen LogP contribution in [0.2, 0.25) is 0 Å². The molecule has 1 saturated carbocycles. The summed E-state index contributed by atoms with van der Waals surface area (Å²) in [6.07, 6.45) is 7.71. The van der Waals surface area contributed by atoms with Crippen LogP contribution in [0.5, 0.6) is 0 Å². The molecule has 1 aromatic rings. The first kappa shape index (κ1) is 14.5. The molecule has 2 N–H and O–H groups in total. The average Bonchev–Trinajstić information content (AvgIpc) is 2.95. The van der Waals surface area contributed by atoms with Gasteiger partial charge in [-0.3, -0.25) is 4.90 Å². The van der Waals surface area contributed by atoms with Crippen LogP contribution in [-0.4, -0.2) is 30.1 Å². The predicted octanol–water partition coefficient (Wildman–Crippen LogP) is 3.21. The Morgan fingerprint density at radius 3 is 2.42 bits per heavy atom. The van der Waals surface area contributed by atoms with E-state index >= 15 is 0 Å². The Bertz CT molecular complexity index is 355. The maximum absolute atomic E-state index is 6.09. The van der Waals surface area contributed by atoms with Gasteiger partial charge < -0.3 is 5.73 Å². The van der Waals surface area contributed by atoms with E-state index < -0.39 is 0 Å². The number of hydrogen-bond acceptors (Lipinski definition) is 2. The van der Waals surface area contributed by atoms with Crippen molar-refractivity contribution in [1.82, 2.24) is 4.90 Å². The molecule has 2 rings (SSSR count).